The maximum absolute atomic E-state index is 5.94. The van der Waals surface area contributed by atoms with Gasteiger partial charge in [-0.1, -0.05) is 30.3 Å². The van der Waals surface area contributed by atoms with Crippen molar-refractivity contribution >= 4 is 29.9 Å². The molecule has 0 saturated heterocycles. The molecule has 8 heteroatoms. The molecule has 1 heterocycles. The van der Waals surface area contributed by atoms with Crippen molar-refractivity contribution in [2.45, 2.75) is 32.4 Å². The van der Waals surface area contributed by atoms with E-state index in [2.05, 4.69) is 60.7 Å². The van der Waals surface area contributed by atoms with Crippen LogP contribution in [0.1, 0.15) is 43.5 Å². The quantitative estimate of drug-likeness (QED) is 0.203. The van der Waals surface area contributed by atoms with Crippen molar-refractivity contribution in [1.82, 2.24) is 25.3 Å². The highest BCUT2D eigenvalue weighted by Crippen LogP contribution is 2.17. The number of ether oxygens (including phenoxy) is 1. The Hall–Kier alpha value is -1.65. The van der Waals surface area contributed by atoms with Gasteiger partial charge in [0.25, 0.3) is 0 Å². The normalized spacial score (nSPS) is 13.6. The molecule has 2 unspecified atom stereocenters. The molecule has 168 valence electrons. The second kappa shape index (κ2) is 14.4. The monoisotopic (exact) mass is 528 g/mol. The van der Waals surface area contributed by atoms with Gasteiger partial charge < -0.3 is 20.3 Å². The lowest BCUT2D eigenvalue weighted by atomic mass is 10.1. The standard InChI is InChI=1S/C22H36N6O.HI/c1-6-23-22(25-16-21(27(3)4)20-15-26-28(5)17-20)24-13-10-14-29-18(2)19-11-8-7-9-12-19;/h7-9,11-12,15,17-18,21H,6,10,13-14,16H2,1-5H3,(H2,23,24,25);1H. The molecule has 7 nitrogen and oxygen atoms in total. The smallest absolute Gasteiger partial charge is 0.191 e. The predicted octanol–water partition coefficient (Wildman–Crippen LogP) is 3.36. The molecule has 30 heavy (non-hydrogen) atoms. The number of nitrogens with zero attached hydrogens (tertiary/aromatic N) is 4. The molecule has 0 radical (unpaired) electrons. The van der Waals surface area contributed by atoms with E-state index in [-0.39, 0.29) is 36.1 Å². The summed E-state index contributed by atoms with van der Waals surface area (Å²) >= 11 is 0. The highest BCUT2D eigenvalue weighted by Gasteiger charge is 2.15. The van der Waals surface area contributed by atoms with Crippen molar-refractivity contribution in [2.24, 2.45) is 12.0 Å². The number of hydrogen-bond acceptors (Lipinski definition) is 4. The summed E-state index contributed by atoms with van der Waals surface area (Å²) in [6.07, 6.45) is 4.98. The molecule has 2 rings (SSSR count). The second-order valence-electron chi connectivity index (χ2n) is 7.35. The Morgan fingerprint density at radius 3 is 2.53 bits per heavy atom. The van der Waals surface area contributed by atoms with Gasteiger partial charge in [0.1, 0.15) is 0 Å². The fourth-order valence-corrected chi connectivity index (χ4v) is 3.06. The summed E-state index contributed by atoms with van der Waals surface area (Å²) in [7, 11) is 6.07. The summed E-state index contributed by atoms with van der Waals surface area (Å²) in [5, 5.41) is 11.0. The van der Waals surface area contributed by atoms with Crippen LogP contribution in [0.2, 0.25) is 0 Å². The first-order chi connectivity index (χ1) is 14.0. The predicted molar refractivity (Wildman–Crippen MR) is 134 cm³/mol. The van der Waals surface area contributed by atoms with Gasteiger partial charge in [0, 0.05) is 38.5 Å². The van der Waals surface area contributed by atoms with Crippen LogP contribution >= 0.6 is 24.0 Å². The number of nitrogens with one attached hydrogen (secondary N) is 2. The minimum absolute atomic E-state index is 0. The molecule has 0 fully saturated rings. The molecule has 0 spiro atoms. The van der Waals surface area contributed by atoms with E-state index in [1.807, 2.05) is 42.3 Å². The Balaban J connectivity index is 0.00000450. The van der Waals surface area contributed by atoms with Gasteiger partial charge in [-0.25, -0.2) is 0 Å². The third-order valence-corrected chi connectivity index (χ3v) is 4.75. The summed E-state index contributed by atoms with van der Waals surface area (Å²) in [5.41, 5.74) is 2.38. The molecule has 0 aliphatic rings. The van der Waals surface area contributed by atoms with Gasteiger partial charge in [0.05, 0.1) is 24.9 Å². The molecule has 2 N–H and O–H groups in total. The van der Waals surface area contributed by atoms with E-state index >= 15 is 0 Å². The summed E-state index contributed by atoms with van der Waals surface area (Å²) in [6, 6.07) is 10.5. The molecule has 2 aromatic rings. The topological polar surface area (TPSA) is 66.7 Å². The van der Waals surface area contributed by atoms with Gasteiger partial charge in [0.15, 0.2) is 5.96 Å². The van der Waals surface area contributed by atoms with Crippen LogP contribution < -0.4 is 10.6 Å². The molecule has 0 aliphatic heterocycles. The van der Waals surface area contributed by atoms with Crippen LogP contribution in [0, 0.1) is 0 Å². The van der Waals surface area contributed by atoms with Gasteiger partial charge in [-0.15, -0.1) is 24.0 Å². The van der Waals surface area contributed by atoms with E-state index in [0.717, 1.165) is 25.5 Å². The summed E-state index contributed by atoms with van der Waals surface area (Å²) in [6.45, 7) is 7.17. The van der Waals surface area contributed by atoms with Crippen LogP contribution in [0.4, 0.5) is 0 Å². The first-order valence-electron chi connectivity index (χ1n) is 10.3. The van der Waals surface area contributed by atoms with E-state index in [1.165, 1.54) is 11.1 Å². The number of aromatic nitrogens is 2. The lowest BCUT2D eigenvalue weighted by Crippen LogP contribution is -2.38. The van der Waals surface area contributed by atoms with Crippen LogP contribution in [-0.2, 0) is 11.8 Å². The average molecular weight is 528 g/mol. The second-order valence-corrected chi connectivity index (χ2v) is 7.35. The number of halogens is 1. The molecule has 0 aliphatic carbocycles. The van der Waals surface area contributed by atoms with Crippen LogP contribution in [0.3, 0.4) is 0 Å². The Kier molecular flexibility index (Phi) is 12.6. The van der Waals surface area contributed by atoms with Crippen molar-refractivity contribution in [3.8, 4) is 0 Å². The van der Waals surface area contributed by atoms with Gasteiger partial charge in [-0.05, 0) is 39.9 Å². The van der Waals surface area contributed by atoms with Crippen molar-refractivity contribution in [3.63, 3.8) is 0 Å². The van der Waals surface area contributed by atoms with Crippen molar-refractivity contribution in [3.05, 3.63) is 53.9 Å². The number of rotatable bonds is 11. The van der Waals surface area contributed by atoms with Gasteiger partial charge >= 0.3 is 0 Å². The molecule has 0 saturated carbocycles. The minimum Gasteiger partial charge on any atom is -0.374 e. The summed E-state index contributed by atoms with van der Waals surface area (Å²) in [5.74, 6) is 0.833. The summed E-state index contributed by atoms with van der Waals surface area (Å²) in [4.78, 5) is 6.95. The number of aliphatic imine (C=N–C) groups is 1. The highest BCUT2D eigenvalue weighted by atomic mass is 127. The number of benzene rings is 1. The van der Waals surface area contributed by atoms with Crippen LogP contribution in [-0.4, -0.2) is 61.0 Å². The van der Waals surface area contributed by atoms with Crippen LogP contribution in [0.5, 0.6) is 0 Å². The van der Waals surface area contributed by atoms with E-state index in [1.54, 1.807) is 0 Å². The molecular weight excluding hydrogens is 491 g/mol. The number of hydrogen-bond donors (Lipinski definition) is 2. The number of aryl methyl sites for hydroxylation is 1. The van der Waals surface area contributed by atoms with Crippen LogP contribution in [0.25, 0.3) is 0 Å². The number of guanidine groups is 1. The maximum atomic E-state index is 5.94. The van der Waals surface area contributed by atoms with Gasteiger partial charge in [-0.2, -0.15) is 5.10 Å². The third kappa shape index (κ3) is 9.01. The van der Waals surface area contributed by atoms with Gasteiger partial charge in [0.2, 0.25) is 0 Å². The first-order valence-corrected chi connectivity index (χ1v) is 10.3. The largest absolute Gasteiger partial charge is 0.374 e. The molecule has 1 aromatic carbocycles. The fourth-order valence-electron chi connectivity index (χ4n) is 3.06. The lowest BCUT2D eigenvalue weighted by Gasteiger charge is -2.22. The van der Waals surface area contributed by atoms with Gasteiger partial charge in [-0.3, -0.25) is 9.67 Å². The fraction of sp³-hybridized carbons (Fsp3) is 0.545. The zero-order chi connectivity index (χ0) is 21.1. The molecule has 0 amide bonds. The Morgan fingerprint density at radius 2 is 1.93 bits per heavy atom. The maximum Gasteiger partial charge on any atom is 0.191 e. The zero-order valence-corrected chi connectivity index (χ0v) is 21.2. The van der Waals surface area contributed by atoms with E-state index in [0.29, 0.717) is 13.2 Å². The molecule has 2 atom stereocenters. The third-order valence-electron chi connectivity index (χ3n) is 4.75. The zero-order valence-electron chi connectivity index (χ0n) is 18.8. The van der Waals surface area contributed by atoms with E-state index in [9.17, 15) is 0 Å². The molecular formula is C22H37IN6O. The van der Waals surface area contributed by atoms with Crippen molar-refractivity contribution < 1.29 is 4.74 Å². The highest BCUT2D eigenvalue weighted by molar-refractivity contribution is 14.0. The Labute approximate surface area is 198 Å². The van der Waals surface area contributed by atoms with Crippen LogP contribution in [0.15, 0.2) is 47.7 Å². The summed E-state index contributed by atoms with van der Waals surface area (Å²) < 4.78 is 7.77. The lowest BCUT2D eigenvalue weighted by molar-refractivity contribution is 0.0646. The van der Waals surface area contributed by atoms with E-state index in [4.69, 9.17) is 9.73 Å². The number of likely N-dealkylation sites (N-methyl/N-ethyl adjacent to an activating group) is 1. The Morgan fingerprint density at radius 1 is 1.20 bits per heavy atom. The SMILES string of the molecule is CCNC(=NCC(c1cnn(C)c1)N(C)C)NCCCOC(C)c1ccccc1.I. The minimum atomic E-state index is 0. The average Bonchev–Trinajstić information content (AvgIpc) is 3.13. The van der Waals surface area contributed by atoms with Crippen molar-refractivity contribution in [2.75, 3.05) is 40.3 Å². The molecule has 1 aromatic heterocycles. The Bertz CT molecular complexity index is 734. The van der Waals surface area contributed by atoms with E-state index < -0.39 is 0 Å². The van der Waals surface area contributed by atoms with Crippen molar-refractivity contribution in [1.29, 1.82) is 0 Å². The molecule has 0 bridgehead atoms. The first kappa shape index (κ1) is 26.4.